The van der Waals surface area contributed by atoms with Gasteiger partial charge in [0, 0.05) is 29.8 Å². The van der Waals surface area contributed by atoms with Crippen LogP contribution in [-0.2, 0) is 22.6 Å². The molecule has 3 atom stereocenters. The van der Waals surface area contributed by atoms with Crippen LogP contribution in [0.4, 0.5) is 10.6 Å². The van der Waals surface area contributed by atoms with Crippen molar-refractivity contribution < 1.29 is 14.3 Å². The molecule has 3 N–H and O–H groups in total. The van der Waals surface area contributed by atoms with E-state index in [4.69, 9.17) is 4.74 Å². The highest BCUT2D eigenvalue weighted by molar-refractivity contribution is 5.76. The van der Waals surface area contributed by atoms with Gasteiger partial charge in [0.25, 0.3) is 5.56 Å². The van der Waals surface area contributed by atoms with Gasteiger partial charge in [-0.3, -0.25) is 24.6 Å². The number of hydrazine groups is 1. The molecule has 1 aliphatic carbocycles. The van der Waals surface area contributed by atoms with Crippen molar-refractivity contribution in [3.63, 3.8) is 0 Å². The lowest BCUT2D eigenvalue weighted by atomic mass is 9.75. The van der Waals surface area contributed by atoms with E-state index in [1.807, 2.05) is 26.0 Å². The smallest absolute Gasteiger partial charge is 0.426 e. The van der Waals surface area contributed by atoms with E-state index in [2.05, 4.69) is 46.9 Å². The third-order valence-corrected chi connectivity index (χ3v) is 6.87. The van der Waals surface area contributed by atoms with Crippen LogP contribution in [0.2, 0.25) is 0 Å². The standard InChI is InChI=1S/C26H38N6O4/c1-15(2)21-10-7-16(3)11-22(21)36-26(35)31-30-24-25(34)32(18(5)12-28-24)14-23(33)27-13-20-9-8-17(4)29-19(20)6/h8-9,12,15-16,21-22H,7,10-11,13-14H2,1-6H3,(H,27,33)(H,28,30)(H,31,35)/t16-,21+,22-/m1/s1. The molecule has 2 heterocycles. The van der Waals surface area contributed by atoms with Crippen molar-refractivity contribution >= 4 is 17.8 Å². The highest BCUT2D eigenvalue weighted by Gasteiger charge is 2.33. The Labute approximate surface area is 212 Å². The highest BCUT2D eigenvalue weighted by Crippen LogP contribution is 2.35. The van der Waals surface area contributed by atoms with Gasteiger partial charge in [0.2, 0.25) is 11.7 Å². The molecule has 0 unspecified atom stereocenters. The van der Waals surface area contributed by atoms with Crippen LogP contribution in [0, 0.1) is 38.5 Å². The van der Waals surface area contributed by atoms with Crippen LogP contribution in [0.15, 0.2) is 23.1 Å². The van der Waals surface area contributed by atoms with E-state index in [9.17, 15) is 14.4 Å². The minimum Gasteiger partial charge on any atom is -0.445 e. The maximum Gasteiger partial charge on any atom is 0.426 e. The molecular weight excluding hydrogens is 460 g/mol. The molecular formula is C26H38N6O4. The molecule has 0 aromatic carbocycles. The highest BCUT2D eigenvalue weighted by atomic mass is 16.6. The van der Waals surface area contributed by atoms with Crippen molar-refractivity contribution in [3.05, 3.63) is 51.3 Å². The average molecular weight is 499 g/mol. The first kappa shape index (κ1) is 27.2. The molecule has 0 spiro atoms. The molecule has 0 saturated heterocycles. The lowest BCUT2D eigenvalue weighted by molar-refractivity contribution is -0.121. The summed E-state index contributed by atoms with van der Waals surface area (Å²) in [5.41, 5.74) is 7.65. The molecule has 0 bridgehead atoms. The molecule has 0 radical (unpaired) electrons. The second-order valence-electron chi connectivity index (χ2n) is 10.1. The number of anilines is 1. The Kier molecular flexibility index (Phi) is 9.06. The van der Waals surface area contributed by atoms with E-state index >= 15 is 0 Å². The number of hydrogen-bond donors (Lipinski definition) is 3. The maximum atomic E-state index is 12.9. The van der Waals surface area contributed by atoms with Crippen LogP contribution in [0.25, 0.3) is 0 Å². The fraction of sp³-hybridized carbons (Fsp3) is 0.577. The summed E-state index contributed by atoms with van der Waals surface area (Å²) < 4.78 is 6.99. The van der Waals surface area contributed by atoms with Gasteiger partial charge in [0.05, 0.1) is 0 Å². The predicted molar refractivity (Wildman–Crippen MR) is 137 cm³/mol. The lowest BCUT2D eigenvalue weighted by Gasteiger charge is -2.36. The number of aromatic nitrogens is 3. The van der Waals surface area contributed by atoms with Gasteiger partial charge in [-0.2, -0.15) is 0 Å². The number of nitrogens with one attached hydrogen (secondary N) is 3. The van der Waals surface area contributed by atoms with Gasteiger partial charge in [0.1, 0.15) is 12.6 Å². The Morgan fingerprint density at radius 1 is 1.19 bits per heavy atom. The third-order valence-electron chi connectivity index (χ3n) is 6.87. The molecule has 0 aliphatic heterocycles. The molecule has 1 saturated carbocycles. The molecule has 2 aromatic rings. The normalized spacial score (nSPS) is 19.6. The number of rotatable bonds is 8. The summed E-state index contributed by atoms with van der Waals surface area (Å²) >= 11 is 0. The zero-order valence-electron chi connectivity index (χ0n) is 22.1. The summed E-state index contributed by atoms with van der Waals surface area (Å²) in [6, 6.07) is 3.81. The summed E-state index contributed by atoms with van der Waals surface area (Å²) in [5.74, 6) is 0.789. The number of ether oxygens (including phenoxy) is 1. The molecule has 1 aliphatic rings. The van der Waals surface area contributed by atoms with Gasteiger partial charge in [-0.15, -0.1) is 0 Å². The number of hydrogen-bond acceptors (Lipinski definition) is 7. The number of aryl methyl sites for hydroxylation is 3. The van der Waals surface area contributed by atoms with E-state index in [-0.39, 0.29) is 24.4 Å². The molecule has 36 heavy (non-hydrogen) atoms. The summed E-state index contributed by atoms with van der Waals surface area (Å²) in [6.07, 6.45) is 3.61. The first-order chi connectivity index (χ1) is 17.0. The number of carbonyl (C=O) groups is 2. The summed E-state index contributed by atoms with van der Waals surface area (Å²) in [4.78, 5) is 46.4. The fourth-order valence-electron chi connectivity index (χ4n) is 4.68. The molecule has 10 heteroatoms. The summed E-state index contributed by atoms with van der Waals surface area (Å²) in [5, 5.41) is 2.82. The van der Waals surface area contributed by atoms with E-state index in [0.29, 0.717) is 30.0 Å². The summed E-state index contributed by atoms with van der Waals surface area (Å²) in [6.45, 7) is 12.1. The minimum atomic E-state index is -0.659. The molecule has 10 nitrogen and oxygen atoms in total. The molecule has 2 aromatic heterocycles. The average Bonchev–Trinajstić information content (AvgIpc) is 2.80. The van der Waals surface area contributed by atoms with Crippen LogP contribution in [0.5, 0.6) is 0 Å². The minimum absolute atomic E-state index is 0.0960. The van der Waals surface area contributed by atoms with Crippen LogP contribution in [-0.4, -0.2) is 32.6 Å². The van der Waals surface area contributed by atoms with Crippen LogP contribution < -0.4 is 21.7 Å². The van der Waals surface area contributed by atoms with E-state index < -0.39 is 11.7 Å². The number of nitrogens with zero attached hydrogens (tertiary/aromatic N) is 3. The fourth-order valence-corrected chi connectivity index (χ4v) is 4.68. The molecule has 2 amide bonds. The van der Waals surface area contributed by atoms with Gasteiger partial charge in [-0.1, -0.05) is 33.3 Å². The van der Waals surface area contributed by atoms with Crippen molar-refractivity contribution in [1.82, 2.24) is 25.3 Å². The number of carbonyl (C=O) groups excluding carboxylic acids is 2. The van der Waals surface area contributed by atoms with Crippen molar-refractivity contribution in [3.8, 4) is 0 Å². The number of amides is 2. The quantitative estimate of drug-likeness (QED) is 0.476. The van der Waals surface area contributed by atoms with Crippen molar-refractivity contribution in [2.75, 3.05) is 5.43 Å². The van der Waals surface area contributed by atoms with Crippen LogP contribution in [0.1, 0.15) is 62.7 Å². The second-order valence-corrected chi connectivity index (χ2v) is 10.1. The Bertz CT molecular complexity index is 1150. The Balaban J connectivity index is 1.59. The summed E-state index contributed by atoms with van der Waals surface area (Å²) in [7, 11) is 0. The van der Waals surface area contributed by atoms with E-state index in [1.54, 1.807) is 6.92 Å². The van der Waals surface area contributed by atoms with Gasteiger partial charge in [-0.25, -0.2) is 15.2 Å². The lowest BCUT2D eigenvalue weighted by Crippen LogP contribution is -2.42. The zero-order chi connectivity index (χ0) is 26.4. The Morgan fingerprint density at radius 3 is 2.64 bits per heavy atom. The largest absolute Gasteiger partial charge is 0.445 e. The van der Waals surface area contributed by atoms with Crippen LogP contribution in [0.3, 0.4) is 0 Å². The van der Waals surface area contributed by atoms with Gasteiger partial charge < -0.3 is 10.1 Å². The zero-order valence-corrected chi connectivity index (χ0v) is 22.1. The first-order valence-electron chi connectivity index (χ1n) is 12.5. The topological polar surface area (TPSA) is 127 Å². The van der Waals surface area contributed by atoms with Crippen molar-refractivity contribution in [2.24, 2.45) is 17.8 Å². The van der Waals surface area contributed by atoms with E-state index in [0.717, 1.165) is 36.2 Å². The molecule has 3 rings (SSSR count). The van der Waals surface area contributed by atoms with Crippen molar-refractivity contribution in [1.29, 1.82) is 0 Å². The SMILES string of the molecule is Cc1ccc(CNC(=O)Cn2c(C)cnc(NNC(=O)O[C@@H]3C[C@H](C)CC[C@H]3C(C)C)c2=O)c(C)n1. The van der Waals surface area contributed by atoms with Gasteiger partial charge in [-0.05, 0) is 63.0 Å². The predicted octanol–water partition coefficient (Wildman–Crippen LogP) is 3.39. The maximum absolute atomic E-state index is 12.9. The second kappa shape index (κ2) is 12.0. The number of pyridine rings is 1. The van der Waals surface area contributed by atoms with Crippen LogP contribution >= 0.6 is 0 Å². The van der Waals surface area contributed by atoms with Gasteiger partial charge >= 0.3 is 6.09 Å². The third kappa shape index (κ3) is 7.05. The first-order valence-corrected chi connectivity index (χ1v) is 12.5. The van der Waals surface area contributed by atoms with Gasteiger partial charge in [0.15, 0.2) is 0 Å². The Morgan fingerprint density at radius 2 is 1.94 bits per heavy atom. The molecule has 196 valence electrons. The van der Waals surface area contributed by atoms with E-state index in [1.165, 1.54) is 10.8 Å². The monoisotopic (exact) mass is 498 g/mol. The molecule has 1 fully saturated rings. The van der Waals surface area contributed by atoms with Crippen molar-refractivity contribution in [2.45, 2.75) is 80.0 Å². The Hall–Kier alpha value is -3.43.